The molecule has 0 aromatic rings. The second-order valence-electron chi connectivity index (χ2n) is 9.38. The van der Waals surface area contributed by atoms with Gasteiger partial charge in [0.2, 0.25) is 0 Å². The van der Waals surface area contributed by atoms with Crippen molar-refractivity contribution in [3.05, 3.63) is 23.8 Å². The lowest BCUT2D eigenvalue weighted by Gasteiger charge is -2.57. The Kier molecular flexibility index (Phi) is 4.13. The van der Waals surface area contributed by atoms with Gasteiger partial charge in [-0.3, -0.25) is 0 Å². The lowest BCUT2D eigenvalue weighted by molar-refractivity contribution is -0.0349. The Balaban J connectivity index is 1.54. The van der Waals surface area contributed by atoms with Crippen LogP contribution < -0.4 is 0 Å². The number of fused-ring (bicyclic) bond motifs is 5. The Morgan fingerprint density at radius 2 is 1.96 bits per heavy atom. The van der Waals surface area contributed by atoms with E-state index in [1.165, 1.54) is 36.3 Å². The monoisotopic (exact) mass is 387 g/mol. The molecule has 5 rings (SSSR count). The average Bonchev–Trinajstić information content (AvgIpc) is 3.25. The number of aliphatic hydroxyl groups excluding tert-OH is 1. The first-order valence-electron chi connectivity index (χ1n) is 10.3. The summed E-state index contributed by atoms with van der Waals surface area (Å²) >= 11 is 4.23. The Labute approximate surface area is 165 Å². The molecule has 1 saturated heterocycles. The van der Waals surface area contributed by atoms with Crippen LogP contribution in [0.25, 0.3) is 0 Å². The summed E-state index contributed by atoms with van der Waals surface area (Å²) in [5.74, 6) is 4.48. The van der Waals surface area contributed by atoms with E-state index < -0.39 is 0 Å². The van der Waals surface area contributed by atoms with Gasteiger partial charge in [0.15, 0.2) is 0 Å². The van der Waals surface area contributed by atoms with Crippen LogP contribution in [0.15, 0.2) is 23.8 Å². The third-order valence-corrected chi connectivity index (χ3v) is 12.0. The molecule has 1 N–H and O–H groups in total. The number of hydrogen-bond donors (Lipinski definition) is 1. The summed E-state index contributed by atoms with van der Waals surface area (Å²) in [4.78, 5) is 0. The van der Waals surface area contributed by atoms with Gasteiger partial charge in [-0.15, -0.1) is 23.5 Å². The third-order valence-electron chi connectivity index (χ3n) is 8.62. The summed E-state index contributed by atoms with van der Waals surface area (Å²) in [5, 5.41) is 20.3. The van der Waals surface area contributed by atoms with Crippen molar-refractivity contribution in [2.24, 2.45) is 34.5 Å². The van der Waals surface area contributed by atoms with E-state index in [-0.39, 0.29) is 20.8 Å². The van der Waals surface area contributed by atoms with Crippen LogP contribution in [0, 0.1) is 45.8 Å². The Morgan fingerprint density at radius 3 is 2.69 bits per heavy atom. The van der Waals surface area contributed by atoms with Crippen LogP contribution in [-0.2, 0) is 0 Å². The standard InChI is InChI=1S/C22H29NOS2/c1-20-7-6-19-17(18(20)5-3-16(20)13-23)4-2-15-12-22(25-10-11-26-22)9-8-21(15,19)14-24/h2,4,12,16-19,24H,3,5-11,14H2,1H3/t16-,17-,18-,19-,20+,21+/m0/s1. The van der Waals surface area contributed by atoms with E-state index in [1.54, 1.807) is 0 Å². The van der Waals surface area contributed by atoms with Crippen LogP contribution >= 0.6 is 23.5 Å². The van der Waals surface area contributed by atoms with Gasteiger partial charge >= 0.3 is 0 Å². The maximum Gasteiger partial charge on any atom is 0.0798 e. The highest BCUT2D eigenvalue weighted by molar-refractivity contribution is 8.21. The van der Waals surface area contributed by atoms with Crippen molar-refractivity contribution in [3.8, 4) is 6.07 Å². The minimum absolute atomic E-state index is 0.0273. The van der Waals surface area contributed by atoms with E-state index >= 15 is 0 Å². The van der Waals surface area contributed by atoms with Crippen molar-refractivity contribution in [2.75, 3.05) is 18.1 Å². The van der Waals surface area contributed by atoms with Crippen molar-refractivity contribution < 1.29 is 5.11 Å². The van der Waals surface area contributed by atoms with Crippen molar-refractivity contribution in [3.63, 3.8) is 0 Å². The molecule has 0 aromatic carbocycles. The predicted octanol–water partition coefficient (Wildman–Crippen LogP) is 5.01. The predicted molar refractivity (Wildman–Crippen MR) is 110 cm³/mol. The number of nitriles is 1. The summed E-state index contributed by atoms with van der Waals surface area (Å²) < 4.78 is 0.271. The number of hydrogen-bond acceptors (Lipinski definition) is 4. The average molecular weight is 388 g/mol. The van der Waals surface area contributed by atoms with Gasteiger partial charge in [-0.25, -0.2) is 0 Å². The number of aliphatic hydroxyl groups is 1. The molecule has 5 aliphatic rings. The van der Waals surface area contributed by atoms with Crippen LogP contribution in [0.2, 0.25) is 0 Å². The molecule has 3 fully saturated rings. The summed E-state index contributed by atoms with van der Waals surface area (Å²) in [5.41, 5.74) is 1.58. The molecule has 0 bridgehead atoms. The smallest absolute Gasteiger partial charge is 0.0798 e. The Bertz CT molecular complexity index is 703. The van der Waals surface area contributed by atoms with E-state index in [0.717, 1.165) is 19.3 Å². The van der Waals surface area contributed by atoms with Gasteiger partial charge in [0.1, 0.15) is 0 Å². The highest BCUT2D eigenvalue weighted by atomic mass is 32.2. The largest absolute Gasteiger partial charge is 0.395 e. The molecule has 6 atom stereocenters. The molecule has 4 aliphatic carbocycles. The number of thioether (sulfide) groups is 2. The topological polar surface area (TPSA) is 44.0 Å². The molecule has 1 aliphatic heterocycles. The van der Waals surface area contributed by atoms with Crippen LogP contribution in [-0.4, -0.2) is 27.3 Å². The molecule has 140 valence electrons. The fourth-order valence-corrected chi connectivity index (χ4v) is 10.2. The fourth-order valence-electron chi connectivity index (χ4n) is 7.13. The quantitative estimate of drug-likeness (QED) is 0.686. The first kappa shape index (κ1) is 17.7. The highest BCUT2D eigenvalue weighted by Gasteiger charge is 2.60. The van der Waals surface area contributed by atoms with Gasteiger partial charge in [0, 0.05) is 16.9 Å². The first-order chi connectivity index (χ1) is 12.6. The van der Waals surface area contributed by atoms with Gasteiger partial charge in [-0.1, -0.05) is 25.2 Å². The third kappa shape index (κ3) is 2.23. The van der Waals surface area contributed by atoms with Crippen LogP contribution in [0.1, 0.15) is 45.4 Å². The van der Waals surface area contributed by atoms with E-state index in [4.69, 9.17) is 0 Å². The molecular formula is C22H29NOS2. The zero-order chi connectivity index (χ0) is 18.0. The molecule has 4 heteroatoms. The molecule has 1 heterocycles. The first-order valence-corrected chi connectivity index (χ1v) is 12.2. The SMILES string of the molecule is C[C@]12CC[C@H]3[C@@H](C=CC4=CC5(CC[C@@]43CO)SCCS5)[C@@H]1CC[C@H]2C#N. The number of rotatable bonds is 1. The summed E-state index contributed by atoms with van der Waals surface area (Å²) in [6, 6.07) is 2.62. The van der Waals surface area contributed by atoms with Crippen molar-refractivity contribution in [2.45, 2.75) is 49.5 Å². The maximum absolute atomic E-state index is 10.6. The molecule has 0 aromatic heterocycles. The summed E-state index contributed by atoms with van der Waals surface area (Å²) in [7, 11) is 0. The van der Waals surface area contributed by atoms with E-state index in [1.807, 2.05) is 0 Å². The number of allylic oxidation sites excluding steroid dienone is 2. The zero-order valence-electron chi connectivity index (χ0n) is 15.6. The van der Waals surface area contributed by atoms with Crippen molar-refractivity contribution in [1.29, 1.82) is 5.26 Å². The molecule has 2 saturated carbocycles. The molecule has 2 nitrogen and oxygen atoms in total. The van der Waals surface area contributed by atoms with Crippen LogP contribution in [0.4, 0.5) is 0 Å². The zero-order valence-corrected chi connectivity index (χ0v) is 17.2. The normalized spacial score (nSPS) is 48.4. The van der Waals surface area contributed by atoms with Gasteiger partial charge in [-0.2, -0.15) is 5.26 Å². The summed E-state index contributed by atoms with van der Waals surface area (Å²) in [6.07, 6.45) is 14.3. The van der Waals surface area contributed by atoms with Crippen molar-refractivity contribution >= 4 is 23.5 Å². The molecule has 0 amide bonds. The van der Waals surface area contributed by atoms with Gasteiger partial charge in [-0.05, 0) is 67.3 Å². The highest BCUT2D eigenvalue weighted by Crippen LogP contribution is 2.67. The van der Waals surface area contributed by atoms with Gasteiger partial charge in [0.25, 0.3) is 0 Å². The van der Waals surface area contributed by atoms with E-state index in [0.29, 0.717) is 24.4 Å². The molecule has 0 radical (unpaired) electrons. The number of nitrogens with zero attached hydrogens (tertiary/aromatic N) is 1. The maximum atomic E-state index is 10.6. The van der Waals surface area contributed by atoms with Crippen LogP contribution in [0.3, 0.4) is 0 Å². The summed E-state index contributed by atoms with van der Waals surface area (Å²) in [6.45, 7) is 2.67. The Morgan fingerprint density at radius 1 is 1.15 bits per heavy atom. The van der Waals surface area contributed by atoms with E-state index in [9.17, 15) is 10.4 Å². The van der Waals surface area contributed by atoms with Gasteiger partial charge in [0.05, 0.1) is 22.7 Å². The van der Waals surface area contributed by atoms with Crippen molar-refractivity contribution in [1.82, 2.24) is 0 Å². The second-order valence-corrected chi connectivity index (χ2v) is 12.5. The minimum Gasteiger partial charge on any atom is -0.395 e. The molecule has 26 heavy (non-hydrogen) atoms. The molecule has 0 unspecified atom stereocenters. The van der Waals surface area contributed by atoms with E-state index in [2.05, 4.69) is 54.7 Å². The Hall–Kier alpha value is -0.370. The van der Waals surface area contributed by atoms with Gasteiger partial charge < -0.3 is 5.11 Å². The van der Waals surface area contributed by atoms with Crippen LogP contribution in [0.5, 0.6) is 0 Å². The molecule has 1 spiro atoms. The lowest BCUT2D eigenvalue weighted by Crippen LogP contribution is -2.52. The fraction of sp³-hybridized carbons (Fsp3) is 0.773. The molecular weight excluding hydrogens is 358 g/mol. The lowest BCUT2D eigenvalue weighted by atomic mass is 9.48. The minimum atomic E-state index is -0.0273. The second kappa shape index (κ2) is 6.06.